The van der Waals surface area contributed by atoms with Crippen LogP contribution in [0.5, 0.6) is 0 Å². The van der Waals surface area contributed by atoms with E-state index < -0.39 is 4.92 Å². The fourth-order valence-electron chi connectivity index (χ4n) is 1.73. The summed E-state index contributed by atoms with van der Waals surface area (Å²) in [5.41, 5.74) is 5.07. The van der Waals surface area contributed by atoms with Crippen LogP contribution in [-0.2, 0) is 6.54 Å². The first-order valence-corrected chi connectivity index (χ1v) is 6.87. The standard InChI is InChI=1S/C10H13N7O3S/c1-3-4-16-9(18)14-15-10(16)21-7-6(17(19)20)5(2)12-8(11)13-7/h3-4H2,1-2H3,(H,14,18)(H2,11,12,13). The average molecular weight is 311 g/mol. The highest BCUT2D eigenvalue weighted by Crippen LogP contribution is 2.33. The van der Waals surface area contributed by atoms with Crippen LogP contribution in [0.4, 0.5) is 11.6 Å². The van der Waals surface area contributed by atoms with Gasteiger partial charge in [0.25, 0.3) is 0 Å². The molecule has 0 spiro atoms. The Labute approximate surface area is 122 Å². The van der Waals surface area contributed by atoms with Gasteiger partial charge < -0.3 is 5.73 Å². The second-order valence-corrected chi connectivity index (χ2v) is 5.10. The van der Waals surface area contributed by atoms with Gasteiger partial charge in [-0.1, -0.05) is 6.92 Å². The first-order chi connectivity index (χ1) is 9.93. The van der Waals surface area contributed by atoms with Gasteiger partial charge in [0, 0.05) is 6.54 Å². The van der Waals surface area contributed by atoms with Gasteiger partial charge in [-0.3, -0.25) is 14.7 Å². The summed E-state index contributed by atoms with van der Waals surface area (Å²) in [6, 6.07) is 0. The summed E-state index contributed by atoms with van der Waals surface area (Å²) < 4.78 is 1.39. The summed E-state index contributed by atoms with van der Waals surface area (Å²) in [4.78, 5) is 29.8. The Morgan fingerprint density at radius 3 is 2.81 bits per heavy atom. The Bertz CT molecular complexity index is 739. The summed E-state index contributed by atoms with van der Waals surface area (Å²) >= 11 is 0.906. The van der Waals surface area contributed by atoms with Gasteiger partial charge in [0.05, 0.1) is 4.92 Å². The smallest absolute Gasteiger partial charge is 0.343 e. The van der Waals surface area contributed by atoms with Gasteiger partial charge in [0.15, 0.2) is 10.2 Å². The van der Waals surface area contributed by atoms with Crippen LogP contribution < -0.4 is 11.4 Å². The molecule has 2 rings (SSSR count). The molecule has 0 aliphatic rings. The monoisotopic (exact) mass is 311 g/mol. The molecule has 0 saturated carbocycles. The van der Waals surface area contributed by atoms with E-state index in [-0.39, 0.29) is 28.0 Å². The molecule has 2 aromatic rings. The molecule has 0 amide bonds. The molecule has 21 heavy (non-hydrogen) atoms. The van der Waals surface area contributed by atoms with Crippen LogP contribution in [-0.4, -0.2) is 29.7 Å². The molecule has 10 nitrogen and oxygen atoms in total. The third-order valence-electron chi connectivity index (χ3n) is 2.58. The highest BCUT2D eigenvalue weighted by atomic mass is 32.2. The minimum absolute atomic E-state index is 0.0568. The number of aryl methyl sites for hydroxylation is 1. The molecule has 112 valence electrons. The Hall–Kier alpha value is -2.43. The minimum atomic E-state index is -0.577. The van der Waals surface area contributed by atoms with Crippen molar-refractivity contribution in [1.82, 2.24) is 24.7 Å². The Morgan fingerprint density at radius 1 is 1.48 bits per heavy atom. The third-order valence-corrected chi connectivity index (χ3v) is 3.56. The Kier molecular flexibility index (Phi) is 4.21. The lowest BCUT2D eigenvalue weighted by molar-refractivity contribution is -0.389. The number of nitrogens with one attached hydrogen (secondary N) is 1. The van der Waals surface area contributed by atoms with E-state index in [2.05, 4.69) is 20.2 Å². The predicted octanol–water partition coefficient (Wildman–Crippen LogP) is 0.721. The van der Waals surface area contributed by atoms with E-state index >= 15 is 0 Å². The van der Waals surface area contributed by atoms with Crippen molar-refractivity contribution < 1.29 is 4.92 Å². The van der Waals surface area contributed by atoms with Crippen molar-refractivity contribution in [3.05, 3.63) is 26.3 Å². The van der Waals surface area contributed by atoms with E-state index in [9.17, 15) is 14.9 Å². The van der Waals surface area contributed by atoms with Crippen LogP contribution in [0.15, 0.2) is 15.0 Å². The lowest BCUT2D eigenvalue weighted by atomic mass is 10.4. The summed E-state index contributed by atoms with van der Waals surface area (Å²) in [5.74, 6) is -0.0690. The van der Waals surface area contributed by atoms with Crippen molar-refractivity contribution in [2.45, 2.75) is 37.0 Å². The third kappa shape index (κ3) is 3.02. The van der Waals surface area contributed by atoms with Crippen molar-refractivity contribution in [3.8, 4) is 0 Å². The number of nitro groups is 1. The largest absolute Gasteiger partial charge is 0.368 e. The van der Waals surface area contributed by atoms with Gasteiger partial charge in [0.2, 0.25) is 5.95 Å². The first kappa shape index (κ1) is 15.0. The maximum atomic E-state index is 11.6. The van der Waals surface area contributed by atoms with E-state index in [1.54, 1.807) is 0 Å². The van der Waals surface area contributed by atoms with E-state index in [1.807, 2.05) is 6.92 Å². The fourth-order valence-corrected chi connectivity index (χ4v) is 2.74. The number of nitrogen functional groups attached to an aromatic ring is 1. The molecule has 0 aliphatic heterocycles. The minimum Gasteiger partial charge on any atom is -0.368 e. The van der Waals surface area contributed by atoms with Gasteiger partial charge in [-0.05, 0) is 25.1 Å². The molecular formula is C10H13N7O3S. The Morgan fingerprint density at radius 2 is 2.19 bits per heavy atom. The lowest BCUT2D eigenvalue weighted by Crippen LogP contribution is -2.17. The predicted molar refractivity (Wildman–Crippen MR) is 75.1 cm³/mol. The summed E-state index contributed by atoms with van der Waals surface area (Å²) in [6.45, 7) is 3.83. The molecule has 11 heteroatoms. The second kappa shape index (κ2) is 5.91. The van der Waals surface area contributed by atoms with Crippen LogP contribution in [0.1, 0.15) is 19.0 Å². The fraction of sp³-hybridized carbons (Fsp3) is 0.400. The normalized spacial score (nSPS) is 10.8. The molecular weight excluding hydrogens is 298 g/mol. The molecule has 0 radical (unpaired) electrons. The van der Waals surface area contributed by atoms with Gasteiger partial charge in [-0.25, -0.2) is 14.9 Å². The van der Waals surface area contributed by atoms with Crippen molar-refractivity contribution in [3.63, 3.8) is 0 Å². The SMILES string of the molecule is CCCn1c(Sc2nc(N)nc(C)c2[N+](=O)[O-])n[nH]c1=O. The second-order valence-electron chi connectivity index (χ2n) is 4.14. The zero-order chi connectivity index (χ0) is 15.6. The van der Waals surface area contributed by atoms with Crippen LogP contribution in [0, 0.1) is 17.0 Å². The lowest BCUT2D eigenvalue weighted by Gasteiger charge is -2.05. The van der Waals surface area contributed by atoms with E-state index in [1.165, 1.54) is 11.5 Å². The first-order valence-electron chi connectivity index (χ1n) is 6.05. The van der Waals surface area contributed by atoms with E-state index in [4.69, 9.17) is 5.73 Å². The molecule has 0 atom stereocenters. The summed E-state index contributed by atoms with van der Waals surface area (Å²) in [7, 11) is 0. The van der Waals surface area contributed by atoms with Gasteiger partial charge in [-0.2, -0.15) is 4.98 Å². The number of H-pyrrole nitrogens is 1. The van der Waals surface area contributed by atoms with Crippen molar-refractivity contribution in [1.29, 1.82) is 0 Å². The number of hydrogen-bond donors (Lipinski definition) is 2. The van der Waals surface area contributed by atoms with E-state index in [0.29, 0.717) is 11.7 Å². The zero-order valence-electron chi connectivity index (χ0n) is 11.4. The zero-order valence-corrected chi connectivity index (χ0v) is 12.2. The number of nitrogens with zero attached hydrogens (tertiary/aromatic N) is 5. The summed E-state index contributed by atoms with van der Waals surface area (Å²) in [5, 5.41) is 17.7. The number of nitrogens with two attached hydrogens (primary N) is 1. The van der Waals surface area contributed by atoms with Crippen LogP contribution in [0.2, 0.25) is 0 Å². The van der Waals surface area contributed by atoms with Crippen LogP contribution >= 0.6 is 11.8 Å². The van der Waals surface area contributed by atoms with Crippen molar-refractivity contribution in [2.24, 2.45) is 0 Å². The van der Waals surface area contributed by atoms with Crippen LogP contribution in [0.3, 0.4) is 0 Å². The van der Waals surface area contributed by atoms with E-state index in [0.717, 1.165) is 18.2 Å². The number of rotatable bonds is 5. The maximum absolute atomic E-state index is 11.6. The molecule has 2 heterocycles. The molecule has 2 aromatic heterocycles. The molecule has 0 aromatic carbocycles. The van der Waals surface area contributed by atoms with Crippen molar-refractivity contribution in [2.75, 3.05) is 5.73 Å². The highest BCUT2D eigenvalue weighted by Gasteiger charge is 2.24. The molecule has 0 bridgehead atoms. The molecule has 0 aliphatic carbocycles. The summed E-state index contributed by atoms with van der Waals surface area (Å²) in [6.07, 6.45) is 0.722. The topological polar surface area (TPSA) is 146 Å². The van der Waals surface area contributed by atoms with Crippen LogP contribution in [0.25, 0.3) is 0 Å². The average Bonchev–Trinajstić information content (AvgIpc) is 2.70. The molecule has 3 N–H and O–H groups in total. The number of anilines is 1. The van der Waals surface area contributed by atoms with Gasteiger partial charge in [-0.15, -0.1) is 5.10 Å². The number of aromatic amines is 1. The Balaban J connectivity index is 2.49. The van der Waals surface area contributed by atoms with Crippen molar-refractivity contribution >= 4 is 23.4 Å². The highest BCUT2D eigenvalue weighted by molar-refractivity contribution is 7.99. The molecule has 0 saturated heterocycles. The van der Waals surface area contributed by atoms with Gasteiger partial charge in [0.1, 0.15) is 5.69 Å². The number of aromatic nitrogens is 5. The quantitative estimate of drug-likeness (QED) is 0.466. The molecule has 0 fully saturated rings. The van der Waals surface area contributed by atoms with Gasteiger partial charge >= 0.3 is 11.4 Å². The molecule has 0 unspecified atom stereocenters. The maximum Gasteiger partial charge on any atom is 0.343 e. The number of hydrogen-bond acceptors (Lipinski definition) is 8.